The summed E-state index contributed by atoms with van der Waals surface area (Å²) >= 11 is 6.23. The first-order chi connectivity index (χ1) is 10.5. The lowest BCUT2D eigenvalue weighted by atomic mass is 10.2. The third kappa shape index (κ3) is 4.14. The van der Waals surface area contributed by atoms with E-state index in [4.69, 9.17) is 17.0 Å². The third-order valence-electron chi connectivity index (χ3n) is 2.53. The van der Waals surface area contributed by atoms with Gasteiger partial charge in [-0.2, -0.15) is 18.9 Å². The van der Waals surface area contributed by atoms with Crippen molar-refractivity contribution in [1.82, 2.24) is 5.01 Å². The first kappa shape index (κ1) is 16.6. The first-order valence-corrected chi connectivity index (χ1v) is 7.66. The van der Waals surface area contributed by atoms with E-state index in [0.717, 1.165) is 5.01 Å². The number of thiocarbonyl (C=S) groups is 1. The summed E-state index contributed by atoms with van der Waals surface area (Å²) < 4.78 is 34.6. The minimum absolute atomic E-state index is 0.0580. The molecule has 1 fully saturated rings. The highest BCUT2D eigenvalue weighted by molar-refractivity contribution is 8.23. The standard InChI is InChI=1S/C13H12F2N2O3S2/c1-2-19-10-5-8(3-4-9(10)20-12(14)15)6-16-17-11(18)7-22-13(17)21/h3-6,12H,2,7H2,1H3/b16-6+. The van der Waals surface area contributed by atoms with Crippen LogP contribution in [0.4, 0.5) is 8.78 Å². The highest BCUT2D eigenvalue weighted by Gasteiger charge is 2.26. The van der Waals surface area contributed by atoms with E-state index in [1.807, 2.05) is 0 Å². The Bertz CT molecular complexity index is 595. The Morgan fingerprint density at radius 3 is 2.86 bits per heavy atom. The molecule has 1 aliphatic rings. The topological polar surface area (TPSA) is 51.1 Å². The van der Waals surface area contributed by atoms with Gasteiger partial charge < -0.3 is 9.47 Å². The molecule has 0 unspecified atom stereocenters. The summed E-state index contributed by atoms with van der Waals surface area (Å²) in [5.74, 6) is 0.185. The fourth-order valence-corrected chi connectivity index (χ4v) is 2.62. The molecule has 1 aliphatic heterocycles. The van der Waals surface area contributed by atoms with Crippen LogP contribution in [0.25, 0.3) is 0 Å². The number of amides is 1. The van der Waals surface area contributed by atoms with Crippen molar-refractivity contribution in [3.63, 3.8) is 0 Å². The van der Waals surface area contributed by atoms with Crippen molar-refractivity contribution in [2.75, 3.05) is 12.4 Å². The van der Waals surface area contributed by atoms with Crippen LogP contribution in [0.5, 0.6) is 11.5 Å². The molecule has 0 radical (unpaired) electrons. The molecule has 0 spiro atoms. The van der Waals surface area contributed by atoms with Gasteiger partial charge in [0.2, 0.25) is 0 Å². The zero-order valence-electron chi connectivity index (χ0n) is 11.5. The maximum atomic E-state index is 12.3. The van der Waals surface area contributed by atoms with E-state index in [2.05, 4.69) is 9.84 Å². The number of nitrogens with zero attached hydrogens (tertiary/aromatic N) is 2. The van der Waals surface area contributed by atoms with Gasteiger partial charge in [0.05, 0.1) is 18.6 Å². The average Bonchev–Trinajstić information content (AvgIpc) is 2.78. The van der Waals surface area contributed by atoms with Gasteiger partial charge in [0.15, 0.2) is 15.8 Å². The Morgan fingerprint density at radius 2 is 2.27 bits per heavy atom. The Kier molecular flexibility index (Phi) is 5.67. The van der Waals surface area contributed by atoms with Crippen LogP contribution in [0.2, 0.25) is 0 Å². The highest BCUT2D eigenvalue weighted by Crippen LogP contribution is 2.29. The molecule has 0 aromatic heterocycles. The van der Waals surface area contributed by atoms with Crippen LogP contribution in [-0.4, -0.2) is 40.4 Å². The molecule has 118 valence electrons. The summed E-state index contributed by atoms with van der Waals surface area (Å²) in [5.41, 5.74) is 0.567. The zero-order valence-corrected chi connectivity index (χ0v) is 13.1. The van der Waals surface area contributed by atoms with Crippen LogP contribution >= 0.6 is 24.0 Å². The van der Waals surface area contributed by atoms with Crippen molar-refractivity contribution < 1.29 is 23.0 Å². The summed E-state index contributed by atoms with van der Waals surface area (Å²) in [7, 11) is 0. The lowest BCUT2D eigenvalue weighted by Gasteiger charge is -2.12. The van der Waals surface area contributed by atoms with Gasteiger partial charge in [-0.15, -0.1) is 0 Å². The predicted octanol–water partition coefficient (Wildman–Crippen LogP) is 2.88. The van der Waals surface area contributed by atoms with Crippen LogP contribution in [0.15, 0.2) is 23.3 Å². The molecule has 0 saturated carbocycles. The van der Waals surface area contributed by atoms with E-state index < -0.39 is 6.61 Å². The number of hydrogen-bond acceptors (Lipinski definition) is 6. The summed E-state index contributed by atoms with van der Waals surface area (Å²) in [6, 6.07) is 4.39. The van der Waals surface area contributed by atoms with Crippen molar-refractivity contribution in [3.8, 4) is 11.5 Å². The fourth-order valence-electron chi connectivity index (χ4n) is 1.65. The van der Waals surface area contributed by atoms with E-state index in [9.17, 15) is 13.6 Å². The van der Waals surface area contributed by atoms with Crippen molar-refractivity contribution in [3.05, 3.63) is 23.8 Å². The van der Waals surface area contributed by atoms with Crippen molar-refractivity contribution in [1.29, 1.82) is 0 Å². The molecular formula is C13H12F2N2O3S2. The number of hydrazone groups is 1. The molecule has 5 nitrogen and oxygen atoms in total. The number of ether oxygens (including phenoxy) is 2. The molecule has 9 heteroatoms. The lowest BCUT2D eigenvalue weighted by molar-refractivity contribution is -0.124. The van der Waals surface area contributed by atoms with Gasteiger partial charge in [0.25, 0.3) is 5.91 Å². The number of thioether (sulfide) groups is 1. The number of alkyl halides is 2. The number of halogens is 2. The fraction of sp³-hybridized carbons (Fsp3) is 0.308. The van der Waals surface area contributed by atoms with Crippen molar-refractivity contribution >= 4 is 40.4 Å². The number of benzene rings is 1. The van der Waals surface area contributed by atoms with E-state index >= 15 is 0 Å². The molecule has 1 saturated heterocycles. The van der Waals surface area contributed by atoms with Crippen molar-refractivity contribution in [2.24, 2.45) is 5.10 Å². The average molecular weight is 346 g/mol. The second-order valence-corrected chi connectivity index (χ2v) is 5.63. The number of carbonyl (C=O) groups is 1. The molecule has 1 aromatic carbocycles. The van der Waals surface area contributed by atoms with Gasteiger partial charge in [-0.05, 0) is 30.7 Å². The van der Waals surface area contributed by atoms with Crippen LogP contribution in [0.3, 0.4) is 0 Å². The van der Waals surface area contributed by atoms with Crippen LogP contribution in [-0.2, 0) is 4.79 Å². The van der Waals surface area contributed by atoms with Gasteiger partial charge in [0, 0.05) is 0 Å². The number of carbonyl (C=O) groups excluding carboxylic acids is 1. The molecule has 2 rings (SSSR count). The Labute approximate surface area is 135 Å². The van der Waals surface area contributed by atoms with Crippen molar-refractivity contribution in [2.45, 2.75) is 13.5 Å². The zero-order chi connectivity index (χ0) is 16.1. The number of hydrogen-bond donors (Lipinski definition) is 0. The Balaban J connectivity index is 2.19. The van der Waals surface area contributed by atoms with Gasteiger partial charge in [-0.3, -0.25) is 4.79 Å². The first-order valence-electron chi connectivity index (χ1n) is 6.26. The van der Waals surface area contributed by atoms with Crippen LogP contribution in [0, 0.1) is 0 Å². The molecule has 0 atom stereocenters. The smallest absolute Gasteiger partial charge is 0.387 e. The quantitative estimate of drug-likeness (QED) is 0.586. The molecule has 1 heterocycles. The van der Waals surface area contributed by atoms with Crippen LogP contribution < -0.4 is 9.47 Å². The van der Waals surface area contributed by atoms with E-state index in [0.29, 0.717) is 16.5 Å². The van der Waals surface area contributed by atoms with E-state index in [1.54, 1.807) is 6.92 Å². The Hall–Kier alpha value is -1.74. The third-order valence-corrected chi connectivity index (χ3v) is 3.87. The van der Waals surface area contributed by atoms with Crippen LogP contribution in [0.1, 0.15) is 12.5 Å². The maximum Gasteiger partial charge on any atom is 0.387 e. The lowest BCUT2D eigenvalue weighted by Crippen LogP contribution is -2.22. The minimum Gasteiger partial charge on any atom is -0.490 e. The van der Waals surface area contributed by atoms with Gasteiger partial charge in [-0.25, -0.2) is 0 Å². The van der Waals surface area contributed by atoms with Gasteiger partial charge >= 0.3 is 6.61 Å². The normalized spacial score (nSPS) is 15.2. The molecule has 1 amide bonds. The SMILES string of the molecule is CCOc1cc(/C=N/N2C(=O)CSC2=S)ccc1OC(F)F. The number of rotatable bonds is 6. The molecule has 1 aromatic rings. The van der Waals surface area contributed by atoms with Gasteiger partial charge in [-0.1, -0.05) is 24.0 Å². The second kappa shape index (κ2) is 7.50. The minimum atomic E-state index is -2.93. The Morgan fingerprint density at radius 1 is 1.50 bits per heavy atom. The highest BCUT2D eigenvalue weighted by atomic mass is 32.2. The van der Waals surface area contributed by atoms with E-state index in [1.165, 1.54) is 36.2 Å². The molecule has 0 N–H and O–H groups in total. The molecule has 22 heavy (non-hydrogen) atoms. The molecule has 0 bridgehead atoms. The molecule has 0 aliphatic carbocycles. The largest absolute Gasteiger partial charge is 0.490 e. The monoisotopic (exact) mass is 346 g/mol. The van der Waals surface area contributed by atoms with Gasteiger partial charge in [0.1, 0.15) is 0 Å². The summed E-state index contributed by atoms with van der Waals surface area (Å²) in [4.78, 5) is 11.5. The molecular weight excluding hydrogens is 334 g/mol. The summed E-state index contributed by atoms with van der Waals surface area (Å²) in [6.07, 6.45) is 1.41. The summed E-state index contributed by atoms with van der Waals surface area (Å²) in [6.45, 7) is -0.910. The second-order valence-electron chi connectivity index (χ2n) is 4.02. The summed E-state index contributed by atoms with van der Waals surface area (Å²) in [5, 5.41) is 5.13. The predicted molar refractivity (Wildman–Crippen MR) is 83.7 cm³/mol. The maximum absolute atomic E-state index is 12.3. The van der Waals surface area contributed by atoms with E-state index in [-0.39, 0.29) is 23.2 Å².